The Bertz CT molecular complexity index is 620. The highest BCUT2D eigenvalue weighted by atomic mass is 35.5. The molecule has 0 radical (unpaired) electrons. The average molecular weight is 304 g/mol. The molecule has 0 bridgehead atoms. The van der Waals surface area contributed by atoms with Gasteiger partial charge in [0.1, 0.15) is 29.2 Å². The molecule has 1 aromatic heterocycles. The van der Waals surface area contributed by atoms with Gasteiger partial charge in [-0.05, 0) is 17.5 Å². The van der Waals surface area contributed by atoms with Gasteiger partial charge >= 0.3 is 0 Å². The van der Waals surface area contributed by atoms with Crippen molar-refractivity contribution in [3.8, 4) is 5.75 Å². The van der Waals surface area contributed by atoms with Crippen LogP contribution >= 0.6 is 11.6 Å². The zero-order valence-electron chi connectivity index (χ0n) is 12.1. The van der Waals surface area contributed by atoms with E-state index in [-0.39, 0.29) is 12.0 Å². The predicted octanol–water partition coefficient (Wildman–Crippen LogP) is 3.67. The standard InChI is InChI=1S/C16H18ClN3O/c1-10(2)14-15(17)19-9-20-16(14)18-8-12-7-11-5-3-4-6-13(11)21-12/h3-6,9-10,12H,7-8H2,1-2H3,(H,18,19,20). The monoisotopic (exact) mass is 303 g/mol. The van der Waals surface area contributed by atoms with Gasteiger partial charge < -0.3 is 10.1 Å². The van der Waals surface area contributed by atoms with E-state index in [1.807, 2.05) is 18.2 Å². The summed E-state index contributed by atoms with van der Waals surface area (Å²) in [5.74, 6) is 2.04. The summed E-state index contributed by atoms with van der Waals surface area (Å²) >= 11 is 6.17. The lowest BCUT2D eigenvalue weighted by Gasteiger charge is -2.16. The van der Waals surface area contributed by atoms with Gasteiger partial charge in [0.25, 0.3) is 0 Å². The maximum absolute atomic E-state index is 6.17. The molecule has 4 nitrogen and oxygen atoms in total. The normalized spacial score (nSPS) is 16.7. The third-order valence-electron chi connectivity index (χ3n) is 3.62. The lowest BCUT2D eigenvalue weighted by atomic mass is 10.1. The molecule has 2 heterocycles. The second-order valence-corrected chi connectivity index (χ2v) is 5.87. The van der Waals surface area contributed by atoms with Crippen molar-refractivity contribution in [3.63, 3.8) is 0 Å². The van der Waals surface area contributed by atoms with Gasteiger partial charge in [0, 0.05) is 12.0 Å². The topological polar surface area (TPSA) is 47.0 Å². The Morgan fingerprint density at radius 2 is 2.14 bits per heavy atom. The number of fused-ring (bicyclic) bond motifs is 1. The number of nitrogens with zero attached hydrogens (tertiary/aromatic N) is 2. The van der Waals surface area contributed by atoms with Crippen LogP contribution in [-0.4, -0.2) is 22.6 Å². The first kappa shape index (κ1) is 14.1. The first-order valence-corrected chi connectivity index (χ1v) is 7.51. The van der Waals surface area contributed by atoms with Crippen molar-refractivity contribution in [1.29, 1.82) is 0 Å². The van der Waals surface area contributed by atoms with Gasteiger partial charge in [-0.2, -0.15) is 0 Å². The summed E-state index contributed by atoms with van der Waals surface area (Å²) in [6.07, 6.45) is 2.52. The van der Waals surface area contributed by atoms with Gasteiger partial charge in [0.15, 0.2) is 0 Å². The van der Waals surface area contributed by atoms with Gasteiger partial charge in [-0.1, -0.05) is 43.6 Å². The third kappa shape index (κ3) is 2.95. The van der Waals surface area contributed by atoms with Crippen LogP contribution in [0.3, 0.4) is 0 Å². The van der Waals surface area contributed by atoms with E-state index in [9.17, 15) is 0 Å². The Balaban J connectivity index is 1.69. The molecule has 1 atom stereocenters. The van der Waals surface area contributed by atoms with Gasteiger partial charge in [0.05, 0.1) is 6.54 Å². The highest BCUT2D eigenvalue weighted by Gasteiger charge is 2.23. The maximum atomic E-state index is 6.17. The van der Waals surface area contributed by atoms with Crippen LogP contribution < -0.4 is 10.1 Å². The zero-order valence-corrected chi connectivity index (χ0v) is 12.9. The Hall–Kier alpha value is -1.81. The molecule has 0 saturated carbocycles. The summed E-state index contributed by atoms with van der Waals surface area (Å²) in [5.41, 5.74) is 2.21. The van der Waals surface area contributed by atoms with Crippen molar-refractivity contribution >= 4 is 17.4 Å². The summed E-state index contributed by atoms with van der Waals surface area (Å²) in [4.78, 5) is 8.36. The Morgan fingerprint density at radius 1 is 1.33 bits per heavy atom. The van der Waals surface area contributed by atoms with Crippen molar-refractivity contribution in [3.05, 3.63) is 46.9 Å². The molecule has 1 aliphatic heterocycles. The minimum absolute atomic E-state index is 0.121. The van der Waals surface area contributed by atoms with Gasteiger partial charge in [-0.3, -0.25) is 0 Å². The number of anilines is 1. The van der Waals surface area contributed by atoms with E-state index in [1.54, 1.807) is 0 Å². The Labute approximate surface area is 129 Å². The van der Waals surface area contributed by atoms with E-state index in [2.05, 4.69) is 35.2 Å². The second kappa shape index (κ2) is 5.90. The van der Waals surface area contributed by atoms with E-state index < -0.39 is 0 Å². The lowest BCUT2D eigenvalue weighted by Crippen LogP contribution is -2.25. The molecule has 110 valence electrons. The SMILES string of the molecule is CC(C)c1c(Cl)ncnc1NCC1Cc2ccccc2O1. The number of ether oxygens (including phenoxy) is 1. The van der Waals surface area contributed by atoms with Crippen LogP contribution in [0.2, 0.25) is 5.15 Å². The fraction of sp³-hybridized carbons (Fsp3) is 0.375. The molecule has 0 aliphatic carbocycles. The van der Waals surface area contributed by atoms with Crippen molar-refractivity contribution in [2.45, 2.75) is 32.3 Å². The molecule has 3 rings (SSSR count). The van der Waals surface area contributed by atoms with Crippen LogP contribution in [0.1, 0.15) is 30.9 Å². The fourth-order valence-corrected chi connectivity index (χ4v) is 2.96. The van der Waals surface area contributed by atoms with E-state index >= 15 is 0 Å². The van der Waals surface area contributed by atoms with Crippen LogP contribution in [0.5, 0.6) is 5.75 Å². The number of hydrogen-bond acceptors (Lipinski definition) is 4. The fourth-order valence-electron chi connectivity index (χ4n) is 2.60. The van der Waals surface area contributed by atoms with E-state index in [0.717, 1.165) is 23.6 Å². The van der Waals surface area contributed by atoms with E-state index in [0.29, 0.717) is 11.7 Å². The number of para-hydroxylation sites is 1. The summed E-state index contributed by atoms with van der Waals surface area (Å²) in [5, 5.41) is 3.86. The quantitative estimate of drug-likeness (QED) is 0.876. The highest BCUT2D eigenvalue weighted by molar-refractivity contribution is 6.30. The average Bonchev–Trinajstić information content (AvgIpc) is 2.87. The smallest absolute Gasteiger partial charge is 0.138 e. The maximum Gasteiger partial charge on any atom is 0.138 e. The van der Waals surface area contributed by atoms with E-state index in [1.165, 1.54) is 11.9 Å². The van der Waals surface area contributed by atoms with Gasteiger partial charge in [0.2, 0.25) is 0 Å². The first-order chi connectivity index (χ1) is 10.1. The van der Waals surface area contributed by atoms with Crippen molar-refractivity contribution in [2.24, 2.45) is 0 Å². The predicted molar refractivity (Wildman–Crippen MR) is 84.2 cm³/mol. The molecule has 2 aromatic rings. The van der Waals surface area contributed by atoms with E-state index in [4.69, 9.17) is 16.3 Å². The summed E-state index contributed by atoms with van der Waals surface area (Å²) in [6.45, 7) is 4.86. The number of hydrogen-bond donors (Lipinski definition) is 1. The largest absolute Gasteiger partial charge is 0.488 e. The second-order valence-electron chi connectivity index (χ2n) is 5.51. The molecule has 1 aromatic carbocycles. The van der Waals surface area contributed by atoms with Crippen LogP contribution in [0.25, 0.3) is 0 Å². The number of nitrogens with one attached hydrogen (secondary N) is 1. The Morgan fingerprint density at radius 3 is 2.90 bits per heavy atom. The molecule has 0 amide bonds. The van der Waals surface area contributed by atoms with Crippen molar-refractivity contribution < 1.29 is 4.74 Å². The molecule has 1 aliphatic rings. The minimum atomic E-state index is 0.121. The highest BCUT2D eigenvalue weighted by Crippen LogP contribution is 2.30. The summed E-state index contributed by atoms with van der Waals surface area (Å²) < 4.78 is 5.92. The van der Waals surface area contributed by atoms with Crippen LogP contribution in [0.4, 0.5) is 5.82 Å². The molecule has 1 unspecified atom stereocenters. The minimum Gasteiger partial charge on any atom is -0.488 e. The van der Waals surface area contributed by atoms with Crippen molar-refractivity contribution in [1.82, 2.24) is 9.97 Å². The van der Waals surface area contributed by atoms with Crippen LogP contribution in [0, 0.1) is 0 Å². The Kier molecular flexibility index (Phi) is 3.97. The molecule has 21 heavy (non-hydrogen) atoms. The lowest BCUT2D eigenvalue weighted by molar-refractivity contribution is 0.246. The third-order valence-corrected chi connectivity index (χ3v) is 3.92. The summed E-state index contributed by atoms with van der Waals surface area (Å²) in [7, 11) is 0. The number of rotatable bonds is 4. The molecular formula is C16H18ClN3O. The number of aromatic nitrogens is 2. The van der Waals surface area contributed by atoms with Gasteiger partial charge in [-0.15, -0.1) is 0 Å². The number of benzene rings is 1. The van der Waals surface area contributed by atoms with Gasteiger partial charge in [-0.25, -0.2) is 9.97 Å². The molecule has 0 saturated heterocycles. The molecule has 1 N–H and O–H groups in total. The molecule has 5 heteroatoms. The molecule has 0 spiro atoms. The van der Waals surface area contributed by atoms with Crippen LogP contribution in [-0.2, 0) is 6.42 Å². The van der Waals surface area contributed by atoms with Crippen LogP contribution in [0.15, 0.2) is 30.6 Å². The molecular weight excluding hydrogens is 286 g/mol. The first-order valence-electron chi connectivity index (χ1n) is 7.14. The molecule has 0 fully saturated rings. The zero-order chi connectivity index (χ0) is 14.8. The van der Waals surface area contributed by atoms with Crippen molar-refractivity contribution in [2.75, 3.05) is 11.9 Å². The summed E-state index contributed by atoms with van der Waals surface area (Å²) in [6, 6.07) is 8.15. The number of halogens is 1.